The number of nitrogens with zero attached hydrogens (tertiary/aromatic N) is 1. The summed E-state index contributed by atoms with van der Waals surface area (Å²) in [6.07, 6.45) is 4.68. The minimum Gasteiger partial charge on any atom is -0.497 e. The summed E-state index contributed by atoms with van der Waals surface area (Å²) in [4.78, 5) is 17.9. The van der Waals surface area contributed by atoms with Crippen molar-refractivity contribution in [1.82, 2.24) is 9.88 Å². The summed E-state index contributed by atoms with van der Waals surface area (Å²) in [6, 6.07) is 8.29. The van der Waals surface area contributed by atoms with Gasteiger partial charge >= 0.3 is 0 Å². The number of benzene rings is 1. The number of rotatable bonds is 6. The fourth-order valence-electron chi connectivity index (χ4n) is 3.54. The molecule has 1 aromatic heterocycles. The lowest BCUT2D eigenvalue weighted by Gasteiger charge is -2.35. The predicted molar refractivity (Wildman–Crippen MR) is 95.7 cm³/mol. The highest BCUT2D eigenvalue weighted by molar-refractivity contribution is 5.80. The van der Waals surface area contributed by atoms with Gasteiger partial charge in [0.2, 0.25) is 0 Å². The van der Waals surface area contributed by atoms with Crippen molar-refractivity contribution in [2.24, 2.45) is 0 Å². The molecule has 2 aromatic rings. The standard InChI is InChI=1S/C19H26N2O3/c1-23-10-8-16-5-3-4-9-21(16)13-15-11-14-6-7-17(24-2)12-18(14)20-19(15)22/h6-7,11-12,16H,3-5,8-10,13H2,1-2H3,(H,20,22)/t16-/m1/s1. The zero-order chi connectivity index (χ0) is 16.9. The van der Waals surface area contributed by atoms with Crippen molar-refractivity contribution in [3.05, 3.63) is 40.2 Å². The molecule has 5 heteroatoms. The highest BCUT2D eigenvalue weighted by atomic mass is 16.5. The Morgan fingerprint density at radius 3 is 2.92 bits per heavy atom. The van der Waals surface area contributed by atoms with Crippen LogP contribution in [0.25, 0.3) is 10.9 Å². The maximum Gasteiger partial charge on any atom is 0.252 e. The second-order valence-corrected chi connectivity index (χ2v) is 6.48. The maximum atomic E-state index is 12.5. The molecule has 1 atom stereocenters. The van der Waals surface area contributed by atoms with Crippen LogP contribution in [0.5, 0.6) is 5.75 Å². The van der Waals surface area contributed by atoms with Gasteiger partial charge < -0.3 is 14.5 Å². The molecule has 1 N–H and O–H groups in total. The van der Waals surface area contributed by atoms with E-state index in [1.54, 1.807) is 14.2 Å². The third kappa shape index (κ3) is 3.79. The first-order valence-electron chi connectivity index (χ1n) is 8.64. The molecule has 0 aliphatic carbocycles. The highest BCUT2D eigenvalue weighted by Crippen LogP contribution is 2.23. The summed E-state index contributed by atoms with van der Waals surface area (Å²) < 4.78 is 10.5. The first kappa shape index (κ1) is 17.0. The highest BCUT2D eigenvalue weighted by Gasteiger charge is 2.23. The third-order valence-electron chi connectivity index (χ3n) is 4.91. The zero-order valence-electron chi connectivity index (χ0n) is 14.5. The van der Waals surface area contributed by atoms with Gasteiger partial charge in [0.1, 0.15) is 5.75 Å². The molecule has 3 rings (SSSR count). The van der Waals surface area contributed by atoms with Gasteiger partial charge in [0.25, 0.3) is 5.56 Å². The fraction of sp³-hybridized carbons (Fsp3) is 0.526. The van der Waals surface area contributed by atoms with E-state index in [4.69, 9.17) is 9.47 Å². The number of nitrogens with one attached hydrogen (secondary N) is 1. The molecular weight excluding hydrogens is 304 g/mol. The van der Waals surface area contributed by atoms with Crippen LogP contribution in [0.15, 0.2) is 29.1 Å². The second kappa shape index (κ2) is 7.81. The topological polar surface area (TPSA) is 54.6 Å². The Bertz CT molecular complexity index is 741. The molecule has 2 heterocycles. The molecule has 24 heavy (non-hydrogen) atoms. The number of aromatic amines is 1. The van der Waals surface area contributed by atoms with Gasteiger partial charge in [-0.15, -0.1) is 0 Å². The van der Waals surface area contributed by atoms with Crippen molar-refractivity contribution in [2.45, 2.75) is 38.3 Å². The normalized spacial score (nSPS) is 18.8. The lowest BCUT2D eigenvalue weighted by Crippen LogP contribution is -2.40. The molecule has 1 aliphatic rings. The Morgan fingerprint density at radius 2 is 2.12 bits per heavy atom. The third-order valence-corrected chi connectivity index (χ3v) is 4.91. The number of aromatic nitrogens is 1. The predicted octanol–water partition coefficient (Wildman–Crippen LogP) is 2.93. The molecule has 0 amide bonds. The number of piperidine rings is 1. The molecule has 1 aromatic carbocycles. The summed E-state index contributed by atoms with van der Waals surface area (Å²) in [6.45, 7) is 2.52. The van der Waals surface area contributed by atoms with Crippen LogP contribution in [-0.4, -0.2) is 43.3 Å². The van der Waals surface area contributed by atoms with Crippen molar-refractivity contribution < 1.29 is 9.47 Å². The molecule has 1 saturated heterocycles. The smallest absolute Gasteiger partial charge is 0.252 e. The zero-order valence-corrected chi connectivity index (χ0v) is 14.5. The average Bonchev–Trinajstić information content (AvgIpc) is 2.61. The number of pyridine rings is 1. The van der Waals surface area contributed by atoms with Crippen LogP contribution in [-0.2, 0) is 11.3 Å². The number of likely N-dealkylation sites (tertiary alicyclic amines) is 1. The van der Waals surface area contributed by atoms with Crippen LogP contribution in [0.4, 0.5) is 0 Å². The van der Waals surface area contributed by atoms with E-state index in [2.05, 4.69) is 9.88 Å². The summed E-state index contributed by atoms with van der Waals surface area (Å²) in [7, 11) is 3.37. The number of ether oxygens (including phenoxy) is 2. The van der Waals surface area contributed by atoms with Crippen LogP contribution in [0.2, 0.25) is 0 Å². The van der Waals surface area contributed by atoms with Gasteiger partial charge in [0.15, 0.2) is 0 Å². The van der Waals surface area contributed by atoms with Gasteiger partial charge in [-0.3, -0.25) is 9.69 Å². The Kier molecular flexibility index (Phi) is 5.53. The van der Waals surface area contributed by atoms with E-state index < -0.39 is 0 Å². The lowest BCUT2D eigenvalue weighted by molar-refractivity contribution is 0.0971. The Labute approximate surface area is 142 Å². The van der Waals surface area contributed by atoms with Crippen LogP contribution in [0.3, 0.4) is 0 Å². The maximum absolute atomic E-state index is 12.5. The summed E-state index contributed by atoms with van der Waals surface area (Å²) in [5.74, 6) is 0.751. The van der Waals surface area contributed by atoms with Crippen LogP contribution in [0.1, 0.15) is 31.2 Å². The summed E-state index contributed by atoms with van der Waals surface area (Å²) in [5.41, 5.74) is 1.64. The number of methoxy groups -OCH3 is 2. The van der Waals surface area contributed by atoms with E-state index in [0.29, 0.717) is 12.6 Å². The minimum atomic E-state index is -0.00758. The first-order chi connectivity index (χ1) is 11.7. The van der Waals surface area contributed by atoms with Crippen LogP contribution >= 0.6 is 0 Å². The average molecular weight is 330 g/mol. The quantitative estimate of drug-likeness (QED) is 0.885. The van der Waals surface area contributed by atoms with Crippen LogP contribution in [0, 0.1) is 0 Å². The summed E-state index contributed by atoms with van der Waals surface area (Å²) >= 11 is 0. The molecule has 0 unspecified atom stereocenters. The van der Waals surface area contributed by atoms with Gasteiger partial charge in [-0.05, 0) is 49.4 Å². The fourth-order valence-corrected chi connectivity index (χ4v) is 3.54. The van der Waals surface area contributed by atoms with E-state index >= 15 is 0 Å². The monoisotopic (exact) mass is 330 g/mol. The van der Waals surface area contributed by atoms with Gasteiger partial charge in [-0.25, -0.2) is 0 Å². The minimum absolute atomic E-state index is 0.00758. The molecular formula is C19H26N2O3. The molecule has 130 valence electrons. The van der Waals surface area contributed by atoms with Crippen molar-refractivity contribution in [3.8, 4) is 5.75 Å². The second-order valence-electron chi connectivity index (χ2n) is 6.48. The van der Waals surface area contributed by atoms with Crippen LogP contribution < -0.4 is 10.3 Å². The SMILES string of the molecule is COCC[C@H]1CCCCN1Cc1cc2ccc(OC)cc2[nH]c1=O. The van der Waals surface area contributed by atoms with Gasteiger partial charge in [-0.2, -0.15) is 0 Å². The molecule has 1 aliphatic heterocycles. The summed E-state index contributed by atoms with van der Waals surface area (Å²) in [5, 5.41) is 1.04. The molecule has 0 saturated carbocycles. The van der Waals surface area contributed by atoms with E-state index in [1.165, 1.54) is 19.3 Å². The van der Waals surface area contributed by atoms with Crippen molar-refractivity contribution in [1.29, 1.82) is 0 Å². The van der Waals surface area contributed by atoms with E-state index in [1.807, 2.05) is 24.3 Å². The van der Waals surface area contributed by atoms with E-state index in [0.717, 1.165) is 41.8 Å². The van der Waals surface area contributed by atoms with Gasteiger partial charge in [0.05, 0.1) is 12.6 Å². The molecule has 5 nitrogen and oxygen atoms in total. The van der Waals surface area contributed by atoms with Crippen molar-refractivity contribution >= 4 is 10.9 Å². The lowest BCUT2D eigenvalue weighted by atomic mass is 9.99. The van der Waals surface area contributed by atoms with Gasteiger partial charge in [0, 0.05) is 37.9 Å². The number of hydrogen-bond donors (Lipinski definition) is 1. The number of hydrogen-bond acceptors (Lipinski definition) is 4. The van der Waals surface area contributed by atoms with E-state index in [9.17, 15) is 4.79 Å². The van der Waals surface area contributed by atoms with Crippen molar-refractivity contribution in [3.63, 3.8) is 0 Å². The number of fused-ring (bicyclic) bond motifs is 1. The number of H-pyrrole nitrogens is 1. The Morgan fingerprint density at radius 1 is 1.25 bits per heavy atom. The van der Waals surface area contributed by atoms with Crippen molar-refractivity contribution in [2.75, 3.05) is 27.4 Å². The first-order valence-corrected chi connectivity index (χ1v) is 8.64. The molecule has 0 radical (unpaired) electrons. The Balaban J connectivity index is 1.83. The van der Waals surface area contributed by atoms with E-state index in [-0.39, 0.29) is 5.56 Å². The van der Waals surface area contributed by atoms with Gasteiger partial charge in [-0.1, -0.05) is 6.42 Å². The Hall–Kier alpha value is -1.85. The molecule has 1 fully saturated rings. The molecule has 0 bridgehead atoms. The molecule has 0 spiro atoms. The largest absolute Gasteiger partial charge is 0.497 e.